The molecule has 0 saturated carbocycles. The number of aromatic amines is 1. The molecule has 0 aliphatic carbocycles. The summed E-state index contributed by atoms with van der Waals surface area (Å²) in [5.74, 6) is 0.496. The van der Waals surface area contributed by atoms with Crippen LogP contribution in [0, 0.1) is 0 Å². The molecule has 2 aromatic rings. The molecule has 0 spiro atoms. The van der Waals surface area contributed by atoms with E-state index in [0.717, 1.165) is 18.6 Å². The van der Waals surface area contributed by atoms with E-state index in [4.69, 9.17) is 10.5 Å². The normalized spacial score (nSPS) is 13.8. The van der Waals surface area contributed by atoms with Crippen LogP contribution in [0.25, 0.3) is 11.0 Å². The molecule has 1 unspecified atom stereocenters. The molecule has 0 amide bonds. The van der Waals surface area contributed by atoms with Crippen molar-refractivity contribution in [3.63, 3.8) is 0 Å². The molecule has 7 heteroatoms. The van der Waals surface area contributed by atoms with E-state index in [1.807, 2.05) is 0 Å². The number of hydrogen-bond acceptors (Lipinski definition) is 3. The molecule has 0 aliphatic rings. The van der Waals surface area contributed by atoms with E-state index >= 15 is 0 Å². The number of ether oxygens (including phenoxy) is 1. The summed E-state index contributed by atoms with van der Waals surface area (Å²) in [6, 6.07) is 3.07. The number of imidazole rings is 1. The summed E-state index contributed by atoms with van der Waals surface area (Å²) >= 11 is 0. The van der Waals surface area contributed by atoms with Crippen LogP contribution < -0.4 is 5.73 Å². The second kappa shape index (κ2) is 5.80. The van der Waals surface area contributed by atoms with Crippen LogP contribution >= 0.6 is 0 Å². The number of fused-ring (bicyclic) bond motifs is 1. The van der Waals surface area contributed by atoms with E-state index < -0.39 is 11.7 Å². The molecule has 110 valence electrons. The van der Waals surface area contributed by atoms with Gasteiger partial charge in [0, 0.05) is 13.7 Å². The van der Waals surface area contributed by atoms with Gasteiger partial charge in [-0.15, -0.1) is 0 Å². The van der Waals surface area contributed by atoms with Crippen LogP contribution in [0.5, 0.6) is 0 Å². The van der Waals surface area contributed by atoms with Crippen molar-refractivity contribution in [1.82, 2.24) is 9.97 Å². The predicted molar refractivity (Wildman–Crippen MR) is 69.1 cm³/mol. The van der Waals surface area contributed by atoms with Gasteiger partial charge in [0.15, 0.2) is 0 Å². The molecule has 1 atom stereocenters. The highest BCUT2D eigenvalue weighted by molar-refractivity contribution is 5.76. The third kappa shape index (κ3) is 3.29. The number of H-pyrrole nitrogens is 1. The van der Waals surface area contributed by atoms with Gasteiger partial charge in [-0.2, -0.15) is 13.2 Å². The first kappa shape index (κ1) is 14.8. The third-order valence-corrected chi connectivity index (χ3v) is 3.04. The van der Waals surface area contributed by atoms with Crippen LogP contribution in [0.1, 0.15) is 30.3 Å². The van der Waals surface area contributed by atoms with Crippen molar-refractivity contribution < 1.29 is 17.9 Å². The summed E-state index contributed by atoms with van der Waals surface area (Å²) in [5.41, 5.74) is 6.08. The number of nitrogens with zero attached hydrogens (tertiary/aromatic N) is 1. The average molecular weight is 287 g/mol. The van der Waals surface area contributed by atoms with Crippen molar-refractivity contribution in [3.8, 4) is 0 Å². The first-order chi connectivity index (χ1) is 9.41. The standard InChI is InChI=1S/C13H16F3N3O/c1-20-6-2-3-9(17)12-18-10-5-4-8(13(14,15)16)7-11(10)19-12/h4-5,7,9H,2-3,6,17H2,1H3,(H,18,19). The fourth-order valence-electron chi connectivity index (χ4n) is 1.97. The Morgan fingerprint density at radius 3 is 2.80 bits per heavy atom. The topological polar surface area (TPSA) is 63.9 Å². The lowest BCUT2D eigenvalue weighted by Gasteiger charge is -2.07. The first-order valence-electron chi connectivity index (χ1n) is 6.23. The Bertz CT molecular complexity index is 580. The molecular weight excluding hydrogens is 271 g/mol. The van der Waals surface area contributed by atoms with Crippen molar-refractivity contribution in [3.05, 3.63) is 29.6 Å². The number of methoxy groups -OCH3 is 1. The number of rotatable bonds is 5. The highest BCUT2D eigenvalue weighted by atomic mass is 19.4. The molecule has 1 aromatic carbocycles. The number of nitrogens with one attached hydrogen (secondary N) is 1. The lowest BCUT2D eigenvalue weighted by molar-refractivity contribution is -0.137. The largest absolute Gasteiger partial charge is 0.416 e. The van der Waals surface area contributed by atoms with Gasteiger partial charge < -0.3 is 15.5 Å². The number of nitrogens with two attached hydrogens (primary N) is 1. The molecule has 3 N–H and O–H groups in total. The van der Waals surface area contributed by atoms with Gasteiger partial charge in [0.1, 0.15) is 5.82 Å². The van der Waals surface area contributed by atoms with Crippen molar-refractivity contribution in [2.24, 2.45) is 5.73 Å². The maximum atomic E-state index is 12.6. The van der Waals surface area contributed by atoms with Crippen LogP contribution in [0.3, 0.4) is 0 Å². The van der Waals surface area contributed by atoms with E-state index in [9.17, 15) is 13.2 Å². The zero-order chi connectivity index (χ0) is 14.8. The number of hydrogen-bond donors (Lipinski definition) is 2. The second-order valence-corrected chi connectivity index (χ2v) is 4.59. The summed E-state index contributed by atoms with van der Waals surface area (Å²) in [4.78, 5) is 7.08. The quantitative estimate of drug-likeness (QED) is 0.831. The Balaban J connectivity index is 2.20. The van der Waals surface area contributed by atoms with Gasteiger partial charge in [0.2, 0.25) is 0 Å². The van der Waals surface area contributed by atoms with Crippen molar-refractivity contribution in [1.29, 1.82) is 0 Å². The molecule has 0 fully saturated rings. The molecular formula is C13H16F3N3O. The zero-order valence-electron chi connectivity index (χ0n) is 11.0. The lowest BCUT2D eigenvalue weighted by Crippen LogP contribution is -2.12. The van der Waals surface area contributed by atoms with Crippen molar-refractivity contribution in [2.75, 3.05) is 13.7 Å². The third-order valence-electron chi connectivity index (χ3n) is 3.04. The van der Waals surface area contributed by atoms with Crippen LogP contribution in [0.15, 0.2) is 18.2 Å². The Labute approximate surface area is 114 Å². The minimum Gasteiger partial charge on any atom is -0.385 e. The summed E-state index contributed by atoms with van der Waals surface area (Å²) in [7, 11) is 1.60. The van der Waals surface area contributed by atoms with Crippen molar-refractivity contribution in [2.45, 2.75) is 25.1 Å². The van der Waals surface area contributed by atoms with Gasteiger partial charge in [-0.25, -0.2) is 4.98 Å². The van der Waals surface area contributed by atoms with E-state index in [2.05, 4.69) is 9.97 Å². The van der Waals surface area contributed by atoms with Gasteiger partial charge in [0.05, 0.1) is 22.6 Å². The summed E-state index contributed by atoms with van der Waals surface area (Å²) in [6.45, 7) is 0.589. The molecule has 0 bridgehead atoms. The molecule has 1 aromatic heterocycles. The van der Waals surface area contributed by atoms with Gasteiger partial charge in [-0.3, -0.25) is 0 Å². The molecule has 20 heavy (non-hydrogen) atoms. The van der Waals surface area contributed by atoms with Crippen LogP contribution in [-0.4, -0.2) is 23.7 Å². The van der Waals surface area contributed by atoms with Crippen molar-refractivity contribution >= 4 is 11.0 Å². The molecule has 0 radical (unpaired) electrons. The molecule has 1 heterocycles. The lowest BCUT2D eigenvalue weighted by atomic mass is 10.1. The Morgan fingerprint density at radius 1 is 1.40 bits per heavy atom. The summed E-state index contributed by atoms with van der Waals surface area (Å²) < 4.78 is 42.8. The summed E-state index contributed by atoms with van der Waals surface area (Å²) in [5, 5.41) is 0. The van der Waals surface area contributed by atoms with Gasteiger partial charge >= 0.3 is 6.18 Å². The first-order valence-corrected chi connectivity index (χ1v) is 6.23. The Hall–Kier alpha value is -1.60. The number of alkyl halides is 3. The molecule has 0 saturated heterocycles. The van der Waals surface area contributed by atoms with Crippen LogP contribution in [0.4, 0.5) is 13.2 Å². The highest BCUT2D eigenvalue weighted by Crippen LogP contribution is 2.31. The van der Waals surface area contributed by atoms with Crippen LogP contribution in [0.2, 0.25) is 0 Å². The van der Waals surface area contributed by atoms with E-state index in [0.29, 0.717) is 29.9 Å². The predicted octanol–water partition coefficient (Wildman–Crippen LogP) is 3.01. The molecule has 2 rings (SSSR count). The maximum absolute atomic E-state index is 12.6. The van der Waals surface area contributed by atoms with Gasteiger partial charge in [-0.1, -0.05) is 0 Å². The SMILES string of the molecule is COCCCC(N)c1nc2ccc(C(F)(F)F)cc2[nH]1. The van der Waals surface area contributed by atoms with E-state index in [1.165, 1.54) is 6.07 Å². The molecule has 4 nitrogen and oxygen atoms in total. The second-order valence-electron chi connectivity index (χ2n) is 4.59. The Kier molecular flexibility index (Phi) is 4.29. The van der Waals surface area contributed by atoms with Gasteiger partial charge in [0.25, 0.3) is 0 Å². The van der Waals surface area contributed by atoms with Crippen LogP contribution in [-0.2, 0) is 10.9 Å². The van der Waals surface area contributed by atoms with Gasteiger partial charge in [-0.05, 0) is 31.0 Å². The number of aromatic nitrogens is 2. The minimum atomic E-state index is -4.36. The smallest absolute Gasteiger partial charge is 0.385 e. The maximum Gasteiger partial charge on any atom is 0.416 e. The highest BCUT2D eigenvalue weighted by Gasteiger charge is 2.30. The van der Waals surface area contributed by atoms with E-state index in [-0.39, 0.29) is 6.04 Å². The average Bonchev–Trinajstić information content (AvgIpc) is 2.80. The van der Waals surface area contributed by atoms with E-state index in [1.54, 1.807) is 7.11 Å². The monoisotopic (exact) mass is 287 g/mol. The minimum absolute atomic E-state index is 0.341. The summed E-state index contributed by atoms with van der Waals surface area (Å²) in [6.07, 6.45) is -2.94. The number of halogens is 3. The fraction of sp³-hybridized carbons (Fsp3) is 0.462. The molecule has 0 aliphatic heterocycles. The fourth-order valence-corrected chi connectivity index (χ4v) is 1.97. The zero-order valence-corrected chi connectivity index (χ0v) is 11.0. The Morgan fingerprint density at radius 2 is 2.15 bits per heavy atom. The number of benzene rings is 1.